The van der Waals surface area contributed by atoms with E-state index in [4.69, 9.17) is 19.2 Å². The van der Waals surface area contributed by atoms with Gasteiger partial charge in [0, 0.05) is 24.2 Å². The third-order valence-electron chi connectivity index (χ3n) is 4.47. The number of carbonyl (C=O) groups excluding carboxylic acids is 1. The number of aromatic nitrogens is 3. The van der Waals surface area contributed by atoms with Crippen LogP contribution in [-0.2, 0) is 17.9 Å². The van der Waals surface area contributed by atoms with Gasteiger partial charge in [-0.05, 0) is 31.2 Å². The summed E-state index contributed by atoms with van der Waals surface area (Å²) in [6, 6.07) is 8.23. The van der Waals surface area contributed by atoms with Crippen molar-refractivity contribution in [2.45, 2.75) is 32.3 Å². The minimum Gasteiger partial charge on any atom is -0.475 e. The van der Waals surface area contributed by atoms with Crippen molar-refractivity contribution in [3.63, 3.8) is 0 Å². The molecule has 1 N–H and O–H groups in total. The SMILES string of the molecule is Cc1cc(C(=O)N2Cc3cccn3CC(Oc3ncccc3F)C2)on1.O=C(O)C(F)(F)F. The van der Waals surface area contributed by atoms with E-state index in [1.165, 1.54) is 18.3 Å². The summed E-state index contributed by atoms with van der Waals surface area (Å²) in [5.41, 5.74) is 1.59. The second kappa shape index (κ2) is 9.71. The van der Waals surface area contributed by atoms with Gasteiger partial charge in [-0.15, -0.1) is 0 Å². The monoisotopic (exact) mass is 470 g/mol. The van der Waals surface area contributed by atoms with E-state index < -0.39 is 24.1 Å². The van der Waals surface area contributed by atoms with Gasteiger partial charge in [0.2, 0.25) is 5.76 Å². The van der Waals surface area contributed by atoms with Crippen LogP contribution in [0.1, 0.15) is 21.9 Å². The number of nitrogens with zero attached hydrogens (tertiary/aromatic N) is 4. The number of pyridine rings is 1. The highest BCUT2D eigenvalue weighted by molar-refractivity contribution is 5.91. The maximum absolute atomic E-state index is 13.9. The summed E-state index contributed by atoms with van der Waals surface area (Å²) in [5, 5.41) is 10.9. The third-order valence-corrected chi connectivity index (χ3v) is 4.47. The van der Waals surface area contributed by atoms with Gasteiger partial charge in [0.05, 0.1) is 25.3 Å². The first-order valence-corrected chi connectivity index (χ1v) is 9.48. The number of amides is 1. The Morgan fingerprint density at radius 2 is 1.97 bits per heavy atom. The van der Waals surface area contributed by atoms with Crippen molar-refractivity contribution in [1.82, 2.24) is 19.6 Å². The van der Waals surface area contributed by atoms with Crippen LogP contribution >= 0.6 is 0 Å². The predicted molar refractivity (Wildman–Crippen MR) is 103 cm³/mol. The van der Waals surface area contributed by atoms with E-state index in [9.17, 15) is 22.4 Å². The summed E-state index contributed by atoms with van der Waals surface area (Å²) in [5.74, 6) is -3.47. The number of aliphatic carboxylic acids is 1. The number of carboxylic acids is 1. The van der Waals surface area contributed by atoms with Gasteiger partial charge in [-0.25, -0.2) is 14.2 Å². The lowest BCUT2D eigenvalue weighted by atomic mass is 10.2. The summed E-state index contributed by atoms with van der Waals surface area (Å²) in [6.45, 7) is 2.91. The van der Waals surface area contributed by atoms with E-state index in [0.29, 0.717) is 18.8 Å². The predicted octanol–water partition coefficient (Wildman–Crippen LogP) is 3.06. The fourth-order valence-electron chi connectivity index (χ4n) is 3.02. The molecule has 4 heterocycles. The number of rotatable bonds is 3. The molecule has 33 heavy (non-hydrogen) atoms. The molecule has 0 bridgehead atoms. The number of fused-ring (bicyclic) bond motifs is 1. The van der Waals surface area contributed by atoms with Crippen molar-refractivity contribution in [3.05, 3.63) is 65.7 Å². The van der Waals surface area contributed by atoms with Crippen LogP contribution in [0.5, 0.6) is 5.88 Å². The van der Waals surface area contributed by atoms with E-state index in [0.717, 1.165) is 5.69 Å². The molecule has 3 aromatic heterocycles. The lowest BCUT2D eigenvalue weighted by Crippen LogP contribution is -2.38. The number of carbonyl (C=O) groups is 2. The van der Waals surface area contributed by atoms with Crippen LogP contribution in [0.2, 0.25) is 0 Å². The Morgan fingerprint density at radius 1 is 1.24 bits per heavy atom. The second-order valence-electron chi connectivity index (χ2n) is 7.00. The summed E-state index contributed by atoms with van der Waals surface area (Å²) >= 11 is 0. The molecule has 1 atom stereocenters. The Hall–Kier alpha value is -3.90. The molecule has 0 spiro atoms. The van der Waals surface area contributed by atoms with Crippen molar-refractivity contribution in [2.75, 3.05) is 6.54 Å². The first-order chi connectivity index (χ1) is 15.5. The van der Waals surface area contributed by atoms with Gasteiger partial charge >= 0.3 is 12.1 Å². The maximum Gasteiger partial charge on any atom is 0.490 e. The van der Waals surface area contributed by atoms with Crippen molar-refractivity contribution in [3.8, 4) is 5.88 Å². The van der Waals surface area contributed by atoms with E-state index >= 15 is 0 Å². The molecule has 0 aromatic carbocycles. The molecule has 1 aliphatic heterocycles. The van der Waals surface area contributed by atoms with E-state index in [1.54, 1.807) is 17.9 Å². The van der Waals surface area contributed by atoms with Crippen molar-refractivity contribution in [2.24, 2.45) is 0 Å². The molecule has 0 saturated heterocycles. The first kappa shape index (κ1) is 23.8. The number of halogens is 4. The molecule has 1 aliphatic rings. The van der Waals surface area contributed by atoms with Crippen LogP contribution in [0.3, 0.4) is 0 Å². The molecular weight excluding hydrogens is 452 g/mol. The number of hydrogen-bond donors (Lipinski definition) is 1. The Labute approximate surface area is 184 Å². The van der Waals surface area contributed by atoms with Crippen molar-refractivity contribution in [1.29, 1.82) is 0 Å². The number of hydrogen-bond acceptors (Lipinski definition) is 6. The topological polar surface area (TPSA) is 111 Å². The van der Waals surface area contributed by atoms with E-state index in [2.05, 4.69) is 10.1 Å². The Morgan fingerprint density at radius 3 is 2.58 bits per heavy atom. The molecule has 176 valence electrons. The third kappa shape index (κ3) is 6.08. The van der Waals surface area contributed by atoms with Crippen LogP contribution in [0.25, 0.3) is 0 Å². The molecule has 0 saturated carbocycles. The molecule has 0 aliphatic carbocycles. The molecule has 4 rings (SSSR count). The summed E-state index contributed by atoms with van der Waals surface area (Å²) in [7, 11) is 0. The van der Waals surface area contributed by atoms with Crippen LogP contribution in [0.15, 0.2) is 47.2 Å². The van der Waals surface area contributed by atoms with E-state index in [1.807, 2.05) is 22.9 Å². The van der Waals surface area contributed by atoms with Gasteiger partial charge in [-0.3, -0.25) is 4.79 Å². The lowest BCUT2D eigenvalue weighted by molar-refractivity contribution is -0.192. The standard InChI is InChI=1S/C18H17FN4O3.C2HF3O2/c1-12-8-16(26-21-12)18(24)23-9-13-4-3-7-22(13)10-14(11-23)25-17-15(19)5-2-6-20-17;3-2(4,5)1(6)7/h2-8,14H,9-11H2,1H3;(H,6,7). The zero-order chi connectivity index (χ0) is 24.2. The van der Waals surface area contributed by atoms with Gasteiger partial charge < -0.3 is 23.8 Å². The van der Waals surface area contributed by atoms with E-state index in [-0.39, 0.29) is 24.1 Å². The molecule has 3 aromatic rings. The average molecular weight is 470 g/mol. The molecule has 1 amide bonds. The second-order valence-corrected chi connectivity index (χ2v) is 7.00. The average Bonchev–Trinajstić information content (AvgIpc) is 3.33. The minimum absolute atomic E-state index is 0.0731. The zero-order valence-electron chi connectivity index (χ0n) is 17.1. The smallest absolute Gasteiger partial charge is 0.475 e. The fourth-order valence-corrected chi connectivity index (χ4v) is 3.02. The molecule has 9 nitrogen and oxygen atoms in total. The highest BCUT2D eigenvalue weighted by Gasteiger charge is 2.38. The summed E-state index contributed by atoms with van der Waals surface area (Å²) in [4.78, 5) is 27.3. The van der Waals surface area contributed by atoms with Crippen LogP contribution < -0.4 is 4.74 Å². The molecule has 13 heteroatoms. The van der Waals surface area contributed by atoms with Crippen LogP contribution in [0, 0.1) is 12.7 Å². The normalized spacial score (nSPS) is 15.7. The number of carboxylic acid groups (broad SMARTS) is 1. The summed E-state index contributed by atoms with van der Waals surface area (Å²) in [6.07, 6.45) is -2.16. The lowest BCUT2D eigenvalue weighted by Gasteiger charge is -2.23. The van der Waals surface area contributed by atoms with Crippen molar-refractivity contribution < 1.29 is 41.5 Å². The number of aryl methyl sites for hydroxylation is 1. The van der Waals surface area contributed by atoms with Crippen LogP contribution in [-0.4, -0.2) is 55.4 Å². The minimum atomic E-state index is -5.08. The molecule has 1 unspecified atom stereocenters. The summed E-state index contributed by atoms with van der Waals surface area (Å²) < 4.78 is 58.5. The maximum atomic E-state index is 13.9. The number of alkyl halides is 3. The largest absolute Gasteiger partial charge is 0.490 e. The highest BCUT2D eigenvalue weighted by Crippen LogP contribution is 2.21. The Kier molecular flexibility index (Phi) is 6.99. The van der Waals surface area contributed by atoms with Gasteiger partial charge in [-0.2, -0.15) is 13.2 Å². The Bertz CT molecular complexity index is 1130. The van der Waals surface area contributed by atoms with Gasteiger partial charge in [0.15, 0.2) is 5.82 Å². The molecular formula is C20H18F4N4O5. The fraction of sp³-hybridized carbons (Fsp3) is 0.300. The quantitative estimate of drug-likeness (QED) is 0.586. The Balaban J connectivity index is 0.000000383. The first-order valence-electron chi connectivity index (χ1n) is 9.48. The van der Waals surface area contributed by atoms with Crippen molar-refractivity contribution >= 4 is 11.9 Å². The zero-order valence-corrected chi connectivity index (χ0v) is 17.1. The number of ether oxygens (including phenoxy) is 1. The van der Waals surface area contributed by atoms with Crippen LogP contribution in [0.4, 0.5) is 17.6 Å². The van der Waals surface area contributed by atoms with Gasteiger partial charge in [0.25, 0.3) is 11.8 Å². The van der Waals surface area contributed by atoms with Gasteiger partial charge in [0.1, 0.15) is 6.10 Å². The van der Waals surface area contributed by atoms with Gasteiger partial charge in [-0.1, -0.05) is 5.16 Å². The highest BCUT2D eigenvalue weighted by atomic mass is 19.4. The molecule has 0 fully saturated rings. The molecule has 0 radical (unpaired) electrons.